The number of hydrogen-bond acceptors (Lipinski definition) is 5. The van der Waals surface area contributed by atoms with Crippen LogP contribution in [-0.2, 0) is 19.2 Å². The summed E-state index contributed by atoms with van der Waals surface area (Å²) in [5.74, 6) is -2.39. The minimum absolute atomic E-state index is 0.0134. The molecule has 0 radical (unpaired) electrons. The van der Waals surface area contributed by atoms with Gasteiger partial charge in [-0.25, -0.2) is 4.79 Å². The van der Waals surface area contributed by atoms with Crippen molar-refractivity contribution in [2.45, 2.75) is 52.6 Å². The van der Waals surface area contributed by atoms with Gasteiger partial charge in [0.05, 0.1) is 0 Å². The number of imide groups is 2. The standard InChI is InChI=1S/C19H28N4O5/c1-11(2)15(24)20-13(5)7-9-22-17(26)18(27)23(19(22)28)10-8-14(6)21-16(25)12(3)4/h13-14H,1,3,7-10H2,2,4-6H3,(H,20,24)(H,21,25). The lowest BCUT2D eigenvalue weighted by Gasteiger charge is -2.20. The first kappa shape index (κ1) is 23.1. The van der Waals surface area contributed by atoms with E-state index in [-0.39, 0.29) is 37.0 Å². The quantitative estimate of drug-likeness (QED) is 0.323. The van der Waals surface area contributed by atoms with E-state index in [2.05, 4.69) is 23.8 Å². The summed E-state index contributed by atoms with van der Waals surface area (Å²) in [5.41, 5.74) is 0.712. The maximum absolute atomic E-state index is 12.4. The van der Waals surface area contributed by atoms with E-state index in [1.54, 1.807) is 27.7 Å². The Morgan fingerprint density at radius 3 is 1.43 bits per heavy atom. The first-order chi connectivity index (χ1) is 13.0. The van der Waals surface area contributed by atoms with Gasteiger partial charge in [-0.1, -0.05) is 13.2 Å². The molecular weight excluding hydrogens is 364 g/mol. The summed E-state index contributed by atoms with van der Waals surface area (Å²) >= 11 is 0. The summed E-state index contributed by atoms with van der Waals surface area (Å²) in [6.45, 7) is 13.7. The second-order valence-electron chi connectivity index (χ2n) is 7.08. The Kier molecular flexibility index (Phi) is 8.09. The molecule has 6 amide bonds. The topological polar surface area (TPSA) is 116 Å². The molecule has 1 rings (SSSR count). The average molecular weight is 392 g/mol. The fourth-order valence-electron chi connectivity index (χ4n) is 2.43. The first-order valence-corrected chi connectivity index (χ1v) is 9.05. The van der Waals surface area contributed by atoms with E-state index >= 15 is 0 Å². The fourth-order valence-corrected chi connectivity index (χ4v) is 2.43. The van der Waals surface area contributed by atoms with Crippen LogP contribution < -0.4 is 10.6 Å². The molecule has 1 saturated heterocycles. The van der Waals surface area contributed by atoms with E-state index in [1.807, 2.05) is 0 Å². The molecule has 1 heterocycles. The van der Waals surface area contributed by atoms with Crippen LogP contribution >= 0.6 is 0 Å². The van der Waals surface area contributed by atoms with Crippen molar-refractivity contribution in [3.63, 3.8) is 0 Å². The molecule has 0 aromatic heterocycles. The normalized spacial score (nSPS) is 16.1. The number of urea groups is 1. The number of hydrogen-bond donors (Lipinski definition) is 2. The molecule has 28 heavy (non-hydrogen) atoms. The molecule has 0 saturated carbocycles. The Hall–Kier alpha value is -2.97. The highest BCUT2D eigenvalue weighted by molar-refractivity contribution is 6.44. The molecule has 9 heteroatoms. The predicted molar refractivity (Wildman–Crippen MR) is 103 cm³/mol. The zero-order valence-electron chi connectivity index (χ0n) is 16.8. The molecule has 154 valence electrons. The van der Waals surface area contributed by atoms with Gasteiger partial charge in [-0.3, -0.25) is 29.0 Å². The smallest absolute Gasteiger partial charge is 0.334 e. The van der Waals surface area contributed by atoms with Gasteiger partial charge in [0, 0.05) is 36.3 Å². The van der Waals surface area contributed by atoms with Gasteiger partial charge in [0.2, 0.25) is 11.8 Å². The van der Waals surface area contributed by atoms with Crippen molar-refractivity contribution < 1.29 is 24.0 Å². The van der Waals surface area contributed by atoms with Crippen LogP contribution in [0.1, 0.15) is 40.5 Å². The lowest BCUT2D eigenvalue weighted by atomic mass is 10.2. The third-order valence-electron chi connectivity index (χ3n) is 4.24. The van der Waals surface area contributed by atoms with Gasteiger partial charge >= 0.3 is 17.8 Å². The molecule has 2 unspecified atom stereocenters. The van der Waals surface area contributed by atoms with E-state index in [0.717, 1.165) is 9.80 Å². The second-order valence-corrected chi connectivity index (χ2v) is 7.08. The number of nitrogens with zero attached hydrogens (tertiary/aromatic N) is 2. The summed E-state index contributed by atoms with van der Waals surface area (Å²) in [6.07, 6.45) is 0.616. The van der Waals surface area contributed by atoms with E-state index in [4.69, 9.17) is 0 Å². The molecule has 1 fully saturated rings. The first-order valence-electron chi connectivity index (χ1n) is 9.05. The molecule has 0 aromatic carbocycles. The Morgan fingerprint density at radius 1 is 0.821 bits per heavy atom. The molecule has 2 atom stereocenters. The van der Waals surface area contributed by atoms with Crippen molar-refractivity contribution in [1.82, 2.24) is 20.4 Å². The van der Waals surface area contributed by atoms with Gasteiger partial charge in [0.1, 0.15) is 0 Å². The van der Waals surface area contributed by atoms with Crippen molar-refractivity contribution in [1.29, 1.82) is 0 Å². The summed E-state index contributed by atoms with van der Waals surface area (Å²) in [6, 6.07) is -1.29. The van der Waals surface area contributed by atoms with Crippen molar-refractivity contribution in [2.75, 3.05) is 13.1 Å². The van der Waals surface area contributed by atoms with E-state index < -0.39 is 17.8 Å². The molecule has 0 aromatic rings. The Bertz CT molecular complexity index is 657. The number of nitrogens with one attached hydrogen (secondary N) is 2. The van der Waals surface area contributed by atoms with Crippen LogP contribution in [0.3, 0.4) is 0 Å². The molecule has 0 bridgehead atoms. The van der Waals surface area contributed by atoms with Crippen LogP contribution in [0.5, 0.6) is 0 Å². The summed E-state index contributed by atoms with van der Waals surface area (Å²) < 4.78 is 0. The molecule has 0 aliphatic carbocycles. The van der Waals surface area contributed by atoms with Gasteiger partial charge in [-0.15, -0.1) is 0 Å². The van der Waals surface area contributed by atoms with Crippen molar-refractivity contribution >= 4 is 29.7 Å². The van der Waals surface area contributed by atoms with Gasteiger partial charge in [-0.2, -0.15) is 0 Å². The molecular formula is C19H28N4O5. The van der Waals surface area contributed by atoms with E-state index in [1.165, 1.54) is 0 Å². The zero-order chi connectivity index (χ0) is 21.6. The van der Waals surface area contributed by atoms with Crippen LogP contribution in [0.4, 0.5) is 4.79 Å². The Labute approximate surface area is 164 Å². The lowest BCUT2D eigenvalue weighted by Crippen LogP contribution is -2.40. The average Bonchev–Trinajstić information content (AvgIpc) is 2.80. The van der Waals surface area contributed by atoms with Gasteiger partial charge in [0.25, 0.3) is 0 Å². The fraction of sp³-hybridized carbons (Fsp3) is 0.526. The third kappa shape index (κ3) is 6.04. The van der Waals surface area contributed by atoms with Crippen LogP contribution in [0.25, 0.3) is 0 Å². The summed E-state index contributed by atoms with van der Waals surface area (Å²) in [5, 5.41) is 5.38. The predicted octanol–water partition coefficient (Wildman–Crippen LogP) is 0.719. The van der Waals surface area contributed by atoms with Crippen LogP contribution in [0, 0.1) is 0 Å². The minimum Gasteiger partial charge on any atom is -0.350 e. The molecule has 9 nitrogen and oxygen atoms in total. The largest absolute Gasteiger partial charge is 0.350 e. The van der Waals surface area contributed by atoms with Crippen LogP contribution in [0.15, 0.2) is 24.3 Å². The maximum atomic E-state index is 12.4. The van der Waals surface area contributed by atoms with E-state index in [9.17, 15) is 24.0 Å². The Morgan fingerprint density at radius 2 is 1.14 bits per heavy atom. The molecule has 2 N–H and O–H groups in total. The van der Waals surface area contributed by atoms with Crippen molar-refractivity contribution in [2.24, 2.45) is 0 Å². The van der Waals surface area contributed by atoms with Gasteiger partial charge in [0.15, 0.2) is 0 Å². The summed E-state index contributed by atoms with van der Waals surface area (Å²) in [4.78, 5) is 61.6. The minimum atomic E-state index is -0.887. The maximum Gasteiger partial charge on any atom is 0.334 e. The molecule has 1 aliphatic heterocycles. The highest BCUT2D eigenvalue weighted by atomic mass is 16.2. The van der Waals surface area contributed by atoms with Crippen LogP contribution in [-0.4, -0.2) is 64.6 Å². The Balaban J connectivity index is 2.59. The van der Waals surface area contributed by atoms with Crippen LogP contribution in [0.2, 0.25) is 0 Å². The van der Waals surface area contributed by atoms with Gasteiger partial charge < -0.3 is 10.6 Å². The third-order valence-corrected chi connectivity index (χ3v) is 4.24. The summed E-state index contributed by atoms with van der Waals surface area (Å²) in [7, 11) is 0. The zero-order valence-corrected chi connectivity index (χ0v) is 16.8. The van der Waals surface area contributed by atoms with E-state index in [0.29, 0.717) is 24.0 Å². The lowest BCUT2D eigenvalue weighted by molar-refractivity contribution is -0.143. The molecule has 1 aliphatic rings. The SMILES string of the molecule is C=C(C)C(=O)NC(C)CCN1C(=O)C(=O)N(CCC(C)NC(=O)C(=C)C)C1=O. The monoisotopic (exact) mass is 392 g/mol. The second kappa shape index (κ2) is 9.82. The van der Waals surface area contributed by atoms with Crippen molar-refractivity contribution in [3.8, 4) is 0 Å². The van der Waals surface area contributed by atoms with Crippen molar-refractivity contribution in [3.05, 3.63) is 24.3 Å². The van der Waals surface area contributed by atoms with Gasteiger partial charge in [-0.05, 0) is 40.5 Å². The molecule has 0 spiro atoms. The number of amides is 6. The number of carbonyl (C=O) groups excluding carboxylic acids is 5. The highest BCUT2D eigenvalue weighted by Gasteiger charge is 2.44. The number of carbonyl (C=O) groups is 5. The number of rotatable bonds is 10. The highest BCUT2D eigenvalue weighted by Crippen LogP contribution is 2.14.